The van der Waals surface area contributed by atoms with Crippen LogP contribution in [0.5, 0.6) is 5.75 Å². The molecular formula is C16H23FN2O3. The molecule has 1 aliphatic heterocycles. The molecule has 1 aliphatic rings. The van der Waals surface area contributed by atoms with Crippen LogP contribution < -0.4 is 4.90 Å². The number of hydrogen-bond acceptors (Lipinski definition) is 4. The van der Waals surface area contributed by atoms with Gasteiger partial charge in [0.15, 0.2) is 0 Å². The zero-order valence-corrected chi connectivity index (χ0v) is 13.3. The third-order valence-electron chi connectivity index (χ3n) is 3.50. The summed E-state index contributed by atoms with van der Waals surface area (Å²) in [7, 11) is 0. The summed E-state index contributed by atoms with van der Waals surface area (Å²) in [6.07, 6.45) is -0.472. The van der Waals surface area contributed by atoms with Crippen molar-refractivity contribution < 1.29 is 19.0 Å². The van der Waals surface area contributed by atoms with Crippen molar-refractivity contribution in [3.05, 3.63) is 24.3 Å². The maximum atomic E-state index is 13.4. The second-order valence-electron chi connectivity index (χ2n) is 6.44. The molecule has 0 radical (unpaired) electrons. The Morgan fingerprint density at radius 3 is 2.50 bits per heavy atom. The first-order valence-electron chi connectivity index (χ1n) is 7.40. The van der Waals surface area contributed by atoms with E-state index in [1.165, 1.54) is 4.90 Å². The van der Waals surface area contributed by atoms with E-state index in [0.717, 1.165) is 5.69 Å². The van der Waals surface area contributed by atoms with Crippen LogP contribution in [0.4, 0.5) is 14.9 Å². The van der Waals surface area contributed by atoms with Gasteiger partial charge in [-0.1, -0.05) is 0 Å². The van der Waals surface area contributed by atoms with Crippen molar-refractivity contribution in [1.29, 1.82) is 0 Å². The summed E-state index contributed by atoms with van der Waals surface area (Å²) in [6, 6.07) is 6.24. The zero-order valence-electron chi connectivity index (χ0n) is 13.3. The Labute approximate surface area is 130 Å². The third kappa shape index (κ3) is 4.02. The Hall–Kier alpha value is -1.98. The summed E-state index contributed by atoms with van der Waals surface area (Å²) in [5.41, 5.74) is 0.312. The fraction of sp³-hybridized carbons (Fsp3) is 0.562. The smallest absolute Gasteiger partial charge is 0.410 e. The average Bonchev–Trinajstić information content (AvgIpc) is 2.45. The maximum absolute atomic E-state index is 13.4. The SMILES string of the molecule is CC(C)(C)OC(=O)N1CCN(c2ccc(O)cc2)C[C@@H]1CF. The van der Waals surface area contributed by atoms with Crippen molar-refractivity contribution in [3.63, 3.8) is 0 Å². The number of rotatable bonds is 2. The largest absolute Gasteiger partial charge is 0.508 e. The topological polar surface area (TPSA) is 53.0 Å². The Bertz CT molecular complexity index is 513. The predicted molar refractivity (Wildman–Crippen MR) is 83.0 cm³/mol. The summed E-state index contributed by atoms with van der Waals surface area (Å²) in [5, 5.41) is 9.33. The monoisotopic (exact) mass is 310 g/mol. The first-order chi connectivity index (χ1) is 10.3. The molecule has 22 heavy (non-hydrogen) atoms. The number of carbonyl (C=O) groups excluding carboxylic acids is 1. The molecule has 0 unspecified atom stereocenters. The molecule has 122 valence electrons. The first-order valence-corrected chi connectivity index (χ1v) is 7.40. The van der Waals surface area contributed by atoms with Crippen molar-refractivity contribution in [3.8, 4) is 5.75 Å². The van der Waals surface area contributed by atoms with Gasteiger partial charge in [0.25, 0.3) is 0 Å². The summed E-state index contributed by atoms with van der Waals surface area (Å²) in [6.45, 7) is 6.17. The second-order valence-corrected chi connectivity index (χ2v) is 6.44. The fourth-order valence-corrected chi connectivity index (χ4v) is 2.45. The number of alkyl halides is 1. The number of amides is 1. The number of phenols is 1. The Kier molecular flexibility index (Phi) is 4.78. The highest BCUT2D eigenvalue weighted by molar-refractivity contribution is 5.69. The molecule has 1 aromatic carbocycles. The number of anilines is 1. The lowest BCUT2D eigenvalue weighted by Gasteiger charge is -2.41. The van der Waals surface area contributed by atoms with E-state index in [9.17, 15) is 14.3 Å². The number of halogens is 1. The lowest BCUT2D eigenvalue weighted by Crippen LogP contribution is -2.57. The van der Waals surface area contributed by atoms with E-state index in [-0.39, 0.29) is 5.75 Å². The first kappa shape index (κ1) is 16.4. The van der Waals surface area contributed by atoms with E-state index in [4.69, 9.17) is 4.74 Å². The molecule has 5 nitrogen and oxygen atoms in total. The van der Waals surface area contributed by atoms with Crippen LogP contribution in [0.15, 0.2) is 24.3 Å². The zero-order chi connectivity index (χ0) is 16.3. The number of carbonyl (C=O) groups is 1. The van der Waals surface area contributed by atoms with E-state index >= 15 is 0 Å². The van der Waals surface area contributed by atoms with Crippen LogP contribution in [0.1, 0.15) is 20.8 Å². The van der Waals surface area contributed by atoms with Crippen LogP contribution >= 0.6 is 0 Å². The van der Waals surface area contributed by atoms with E-state index in [0.29, 0.717) is 19.6 Å². The van der Waals surface area contributed by atoms with Gasteiger partial charge in [0, 0.05) is 25.3 Å². The summed E-state index contributed by atoms with van der Waals surface area (Å²) in [5.74, 6) is 0.193. The molecule has 2 rings (SSSR count). The highest BCUT2D eigenvalue weighted by atomic mass is 19.1. The van der Waals surface area contributed by atoms with Crippen LogP contribution in [-0.2, 0) is 4.74 Å². The Morgan fingerprint density at radius 2 is 1.95 bits per heavy atom. The summed E-state index contributed by atoms with van der Waals surface area (Å²) in [4.78, 5) is 15.6. The Morgan fingerprint density at radius 1 is 1.32 bits per heavy atom. The van der Waals surface area contributed by atoms with Gasteiger partial charge in [0.05, 0.1) is 6.04 Å². The average molecular weight is 310 g/mol. The number of ether oxygens (including phenoxy) is 1. The van der Waals surface area contributed by atoms with Crippen LogP contribution in [0, 0.1) is 0 Å². The minimum Gasteiger partial charge on any atom is -0.508 e. The molecule has 1 heterocycles. The quantitative estimate of drug-likeness (QED) is 0.912. The van der Waals surface area contributed by atoms with Crippen LogP contribution in [0.25, 0.3) is 0 Å². The van der Waals surface area contributed by atoms with Crippen molar-refractivity contribution in [2.45, 2.75) is 32.4 Å². The van der Waals surface area contributed by atoms with Crippen molar-refractivity contribution in [2.24, 2.45) is 0 Å². The number of aromatic hydroxyl groups is 1. The molecule has 0 bridgehead atoms. The molecule has 0 spiro atoms. The minimum absolute atomic E-state index is 0.193. The van der Waals surface area contributed by atoms with Gasteiger partial charge in [-0.15, -0.1) is 0 Å². The highest BCUT2D eigenvalue weighted by Gasteiger charge is 2.33. The second kappa shape index (κ2) is 6.42. The number of piperazine rings is 1. The normalized spacial score (nSPS) is 19.2. The van der Waals surface area contributed by atoms with Gasteiger partial charge in [-0.25, -0.2) is 9.18 Å². The standard InChI is InChI=1S/C16H23FN2O3/c1-16(2,3)22-15(21)19-9-8-18(11-13(19)10-17)12-4-6-14(20)7-5-12/h4-7,13,20H,8-11H2,1-3H3/t13-/m0/s1. The molecule has 6 heteroatoms. The van der Waals surface area contributed by atoms with Crippen molar-refractivity contribution >= 4 is 11.8 Å². The van der Waals surface area contributed by atoms with Gasteiger partial charge in [-0.05, 0) is 45.0 Å². The number of benzene rings is 1. The molecule has 0 saturated carbocycles. The number of hydrogen-bond donors (Lipinski definition) is 1. The fourth-order valence-electron chi connectivity index (χ4n) is 2.45. The molecule has 0 aliphatic carbocycles. The van der Waals surface area contributed by atoms with E-state index in [2.05, 4.69) is 0 Å². The van der Waals surface area contributed by atoms with E-state index in [1.807, 2.05) is 4.90 Å². The molecule has 1 saturated heterocycles. The lowest BCUT2D eigenvalue weighted by atomic mass is 10.1. The summed E-state index contributed by atoms with van der Waals surface area (Å²) >= 11 is 0. The molecule has 0 aromatic heterocycles. The van der Waals surface area contributed by atoms with Gasteiger partial charge in [0.2, 0.25) is 0 Å². The molecule has 1 aromatic rings. The minimum atomic E-state index is -0.617. The molecule has 1 N–H and O–H groups in total. The van der Waals surface area contributed by atoms with Crippen LogP contribution in [0.3, 0.4) is 0 Å². The van der Waals surface area contributed by atoms with Gasteiger partial charge in [0.1, 0.15) is 18.0 Å². The molecule has 1 fully saturated rings. The maximum Gasteiger partial charge on any atom is 0.410 e. The lowest BCUT2D eigenvalue weighted by molar-refractivity contribution is 0.0114. The van der Waals surface area contributed by atoms with Gasteiger partial charge in [-0.2, -0.15) is 0 Å². The third-order valence-corrected chi connectivity index (χ3v) is 3.50. The number of nitrogens with zero attached hydrogens (tertiary/aromatic N) is 2. The van der Waals surface area contributed by atoms with Gasteiger partial charge >= 0.3 is 6.09 Å². The van der Waals surface area contributed by atoms with Crippen LogP contribution in [-0.4, -0.2) is 54.1 Å². The number of phenolic OH excluding ortho intramolecular Hbond substituents is 1. The van der Waals surface area contributed by atoms with Gasteiger partial charge < -0.3 is 14.7 Å². The molecule has 1 amide bonds. The molecular weight excluding hydrogens is 287 g/mol. The van der Waals surface area contributed by atoms with E-state index < -0.39 is 24.4 Å². The van der Waals surface area contributed by atoms with Crippen molar-refractivity contribution in [1.82, 2.24) is 4.90 Å². The van der Waals surface area contributed by atoms with Crippen molar-refractivity contribution in [2.75, 3.05) is 31.2 Å². The van der Waals surface area contributed by atoms with Gasteiger partial charge in [-0.3, -0.25) is 4.90 Å². The van der Waals surface area contributed by atoms with Crippen LogP contribution in [0.2, 0.25) is 0 Å². The van der Waals surface area contributed by atoms with E-state index in [1.54, 1.807) is 45.0 Å². The Balaban J connectivity index is 2.05. The highest BCUT2D eigenvalue weighted by Crippen LogP contribution is 2.23. The molecule has 1 atom stereocenters. The summed E-state index contributed by atoms with van der Waals surface area (Å²) < 4.78 is 18.7. The predicted octanol–water partition coefficient (Wildman–Crippen LogP) is 2.79.